The fourth-order valence-electron chi connectivity index (χ4n) is 2.31. The molecule has 0 heterocycles. The number of hydrogen-bond acceptors (Lipinski definition) is 4. The molecule has 5 nitrogen and oxygen atoms in total. The Morgan fingerprint density at radius 2 is 1.62 bits per heavy atom. The first-order valence-corrected chi connectivity index (χ1v) is 8.43. The van der Waals surface area contributed by atoms with E-state index in [2.05, 4.69) is 4.74 Å². The summed E-state index contributed by atoms with van der Waals surface area (Å²) in [6, 6.07) is 0. The predicted molar refractivity (Wildman–Crippen MR) is 68.2 cm³/mol. The van der Waals surface area contributed by atoms with Crippen LogP contribution < -0.4 is 0 Å². The van der Waals surface area contributed by atoms with Crippen LogP contribution >= 0.6 is 0 Å². The number of ether oxygens (including phenoxy) is 1. The highest BCUT2D eigenvalue weighted by Crippen LogP contribution is 2.28. The zero-order chi connectivity index (χ0) is 16.1. The van der Waals surface area contributed by atoms with Gasteiger partial charge in [0.1, 0.15) is 5.75 Å². The van der Waals surface area contributed by atoms with E-state index in [4.69, 9.17) is 4.55 Å². The number of alkyl halides is 3. The Hall–Kier alpha value is -0.830. The van der Waals surface area contributed by atoms with E-state index in [1.165, 1.54) is 0 Å². The van der Waals surface area contributed by atoms with Gasteiger partial charge in [-0.15, -0.1) is 0 Å². The van der Waals surface area contributed by atoms with Gasteiger partial charge in [0.25, 0.3) is 10.1 Å². The fraction of sp³-hybridized carbons (Fsp3) is 0.917. The molecule has 1 saturated carbocycles. The third-order valence-corrected chi connectivity index (χ3v) is 4.15. The van der Waals surface area contributed by atoms with Crippen LogP contribution in [0.4, 0.5) is 13.2 Å². The number of esters is 1. The Balaban J connectivity index is 2.70. The molecule has 9 heteroatoms. The van der Waals surface area contributed by atoms with Crippen molar-refractivity contribution in [1.82, 2.24) is 0 Å². The first kappa shape index (κ1) is 18.2. The average molecular weight is 332 g/mol. The van der Waals surface area contributed by atoms with Gasteiger partial charge >= 0.3 is 12.1 Å². The maximum atomic E-state index is 12.7. The highest BCUT2D eigenvalue weighted by atomic mass is 32.2. The Kier molecular flexibility index (Phi) is 6.45. The van der Waals surface area contributed by atoms with Crippen LogP contribution in [0.1, 0.15) is 44.9 Å². The maximum absolute atomic E-state index is 12.7. The van der Waals surface area contributed by atoms with Crippen LogP contribution in [-0.4, -0.2) is 37.0 Å². The monoisotopic (exact) mass is 332 g/mol. The van der Waals surface area contributed by atoms with E-state index in [1.807, 2.05) is 0 Å². The molecule has 1 rings (SSSR count). The van der Waals surface area contributed by atoms with Crippen molar-refractivity contribution < 1.29 is 35.7 Å². The minimum atomic E-state index is -5.03. The topological polar surface area (TPSA) is 80.7 Å². The lowest BCUT2D eigenvalue weighted by atomic mass is 9.91. The van der Waals surface area contributed by atoms with Gasteiger partial charge in [-0.05, 0) is 12.8 Å². The quantitative estimate of drug-likeness (QED) is 0.632. The standard InChI is InChI=1S/C12H19F3O5S/c13-12(14,15)10(8-21(17,18)19)20-11(16)9-6-4-2-1-3-5-7-9/h9-10H,1-8H2,(H,17,18,19). The van der Waals surface area contributed by atoms with E-state index in [9.17, 15) is 26.4 Å². The molecule has 21 heavy (non-hydrogen) atoms. The van der Waals surface area contributed by atoms with Gasteiger partial charge in [-0.1, -0.05) is 32.1 Å². The number of hydrogen-bond donors (Lipinski definition) is 1. The molecule has 0 aliphatic heterocycles. The van der Waals surface area contributed by atoms with Crippen LogP contribution in [0.15, 0.2) is 0 Å². The first-order valence-electron chi connectivity index (χ1n) is 6.82. The lowest BCUT2D eigenvalue weighted by Gasteiger charge is -2.23. The Morgan fingerprint density at radius 3 is 2.05 bits per heavy atom. The van der Waals surface area contributed by atoms with E-state index in [0.29, 0.717) is 12.8 Å². The lowest BCUT2D eigenvalue weighted by Crippen LogP contribution is -2.40. The summed E-state index contributed by atoms with van der Waals surface area (Å²) >= 11 is 0. The van der Waals surface area contributed by atoms with E-state index in [0.717, 1.165) is 32.1 Å². The summed E-state index contributed by atoms with van der Waals surface area (Å²) in [5, 5.41) is 0. The molecule has 0 saturated heterocycles. The van der Waals surface area contributed by atoms with E-state index in [1.54, 1.807) is 0 Å². The van der Waals surface area contributed by atoms with Crippen LogP contribution in [0, 0.1) is 5.92 Å². The molecule has 0 aromatic rings. The van der Waals surface area contributed by atoms with Gasteiger partial charge in [-0.25, -0.2) is 0 Å². The van der Waals surface area contributed by atoms with Crippen LogP contribution in [0.2, 0.25) is 0 Å². The average Bonchev–Trinajstić information content (AvgIpc) is 2.23. The molecule has 0 bridgehead atoms. The third-order valence-electron chi connectivity index (χ3n) is 3.42. The summed E-state index contributed by atoms with van der Waals surface area (Å²) in [5.41, 5.74) is 0. The van der Waals surface area contributed by atoms with Crippen molar-refractivity contribution >= 4 is 16.1 Å². The van der Waals surface area contributed by atoms with Crippen LogP contribution in [0.3, 0.4) is 0 Å². The van der Waals surface area contributed by atoms with Crippen LogP contribution in [0.5, 0.6) is 0 Å². The molecule has 1 atom stereocenters. The summed E-state index contributed by atoms with van der Waals surface area (Å²) in [6.07, 6.45) is -2.66. The minimum Gasteiger partial charge on any atom is -0.451 e. The zero-order valence-electron chi connectivity index (χ0n) is 11.4. The van der Waals surface area contributed by atoms with Crippen molar-refractivity contribution in [1.29, 1.82) is 0 Å². The second-order valence-electron chi connectivity index (χ2n) is 5.26. The van der Waals surface area contributed by atoms with Gasteiger partial charge in [0.2, 0.25) is 6.10 Å². The maximum Gasteiger partial charge on any atom is 0.426 e. The molecule has 0 aromatic heterocycles. The van der Waals surface area contributed by atoms with Gasteiger partial charge in [0.15, 0.2) is 0 Å². The van der Waals surface area contributed by atoms with Crippen molar-refractivity contribution in [3.05, 3.63) is 0 Å². The number of rotatable bonds is 4. The molecule has 1 aliphatic rings. The minimum absolute atomic E-state index is 0.440. The normalized spacial score (nSPS) is 20.4. The molecule has 1 unspecified atom stereocenters. The van der Waals surface area contributed by atoms with Crippen molar-refractivity contribution in [3.63, 3.8) is 0 Å². The van der Waals surface area contributed by atoms with Gasteiger partial charge in [-0.3, -0.25) is 9.35 Å². The fourth-order valence-corrected chi connectivity index (χ4v) is 2.95. The van der Waals surface area contributed by atoms with E-state index < -0.39 is 40.0 Å². The molecule has 0 spiro atoms. The van der Waals surface area contributed by atoms with Gasteiger partial charge in [0.05, 0.1) is 5.92 Å². The second kappa shape index (κ2) is 7.44. The molecule has 0 amide bonds. The third kappa shape index (κ3) is 7.12. The molecular formula is C12H19F3O5S. The van der Waals surface area contributed by atoms with E-state index >= 15 is 0 Å². The zero-order valence-corrected chi connectivity index (χ0v) is 12.3. The predicted octanol–water partition coefficient (Wildman–Crippen LogP) is 2.71. The SMILES string of the molecule is O=C(OC(CS(=O)(=O)O)C(F)(F)F)C1CCCCCCC1. The van der Waals surface area contributed by atoms with Crippen molar-refractivity contribution in [2.45, 2.75) is 57.2 Å². The van der Waals surface area contributed by atoms with E-state index in [-0.39, 0.29) is 0 Å². The summed E-state index contributed by atoms with van der Waals surface area (Å²) in [7, 11) is -4.89. The highest BCUT2D eigenvalue weighted by molar-refractivity contribution is 7.85. The number of carbonyl (C=O) groups is 1. The summed E-state index contributed by atoms with van der Waals surface area (Å²) < 4.78 is 72.1. The van der Waals surface area contributed by atoms with Gasteiger partial charge in [-0.2, -0.15) is 21.6 Å². The molecule has 1 aliphatic carbocycles. The van der Waals surface area contributed by atoms with Crippen molar-refractivity contribution in [2.24, 2.45) is 5.92 Å². The molecule has 0 radical (unpaired) electrons. The van der Waals surface area contributed by atoms with Crippen molar-refractivity contribution in [2.75, 3.05) is 5.75 Å². The summed E-state index contributed by atoms with van der Waals surface area (Å²) in [5.74, 6) is -3.35. The molecule has 124 valence electrons. The number of carbonyl (C=O) groups excluding carboxylic acids is 1. The summed E-state index contributed by atoms with van der Waals surface area (Å²) in [4.78, 5) is 11.8. The first-order chi connectivity index (χ1) is 9.59. The summed E-state index contributed by atoms with van der Waals surface area (Å²) in [6.45, 7) is 0. The van der Waals surface area contributed by atoms with Gasteiger partial charge in [0, 0.05) is 0 Å². The smallest absolute Gasteiger partial charge is 0.426 e. The van der Waals surface area contributed by atoms with Crippen LogP contribution in [-0.2, 0) is 19.6 Å². The van der Waals surface area contributed by atoms with Crippen molar-refractivity contribution in [3.8, 4) is 0 Å². The molecular weight excluding hydrogens is 313 g/mol. The largest absolute Gasteiger partial charge is 0.451 e. The Morgan fingerprint density at radius 1 is 1.14 bits per heavy atom. The van der Waals surface area contributed by atoms with Crippen LogP contribution in [0.25, 0.3) is 0 Å². The highest BCUT2D eigenvalue weighted by Gasteiger charge is 2.46. The number of halogens is 3. The lowest BCUT2D eigenvalue weighted by molar-refractivity contribution is -0.217. The molecule has 0 aromatic carbocycles. The van der Waals surface area contributed by atoms with Gasteiger partial charge < -0.3 is 4.74 Å². The molecule has 1 fully saturated rings. The Bertz CT molecular complexity index is 438. The molecule has 1 N–H and O–H groups in total. The second-order valence-corrected chi connectivity index (χ2v) is 6.75. The Labute approximate surface area is 121 Å².